The number of nitrogens with one attached hydrogen (secondary N) is 1. The van der Waals surface area contributed by atoms with Crippen LogP contribution in [-0.4, -0.2) is 15.8 Å². The molecule has 1 N–H and O–H groups in total. The van der Waals surface area contributed by atoms with Gasteiger partial charge in [0.15, 0.2) is 5.78 Å². The zero-order chi connectivity index (χ0) is 15.1. The number of aromatic nitrogens is 2. The van der Waals surface area contributed by atoms with E-state index in [1.54, 1.807) is 6.07 Å². The maximum absolute atomic E-state index is 12.6. The summed E-state index contributed by atoms with van der Waals surface area (Å²) in [4.78, 5) is 20.0. The molecule has 106 valence electrons. The van der Waals surface area contributed by atoms with Crippen LogP contribution in [-0.2, 0) is 0 Å². The maximum atomic E-state index is 12.6. The lowest BCUT2D eigenvalue weighted by atomic mass is 10.0. The monoisotopic (exact) mass is 306 g/mol. The molecule has 2 heterocycles. The number of benzene rings is 2. The van der Waals surface area contributed by atoms with E-state index >= 15 is 0 Å². The molecular weight excluding hydrogens is 296 g/mol. The average molecular weight is 307 g/mol. The molecular formula is C18H11ClN2O. The number of carbonyl (C=O) groups excluding carboxylic acids is 1. The number of H-pyrrole nitrogens is 1. The highest BCUT2D eigenvalue weighted by Gasteiger charge is 2.12. The van der Waals surface area contributed by atoms with Crippen molar-refractivity contribution >= 4 is 39.3 Å². The van der Waals surface area contributed by atoms with Crippen molar-refractivity contribution < 1.29 is 4.79 Å². The second-order valence-corrected chi connectivity index (χ2v) is 5.50. The van der Waals surface area contributed by atoms with Gasteiger partial charge in [0, 0.05) is 27.4 Å². The Morgan fingerprint density at radius 1 is 0.909 bits per heavy atom. The van der Waals surface area contributed by atoms with Crippen LogP contribution in [0.25, 0.3) is 21.9 Å². The van der Waals surface area contributed by atoms with Crippen molar-refractivity contribution in [2.75, 3.05) is 0 Å². The molecule has 0 saturated carbocycles. The van der Waals surface area contributed by atoms with Crippen molar-refractivity contribution in [1.29, 1.82) is 0 Å². The first-order valence-electron chi connectivity index (χ1n) is 6.90. The minimum absolute atomic E-state index is 0.0128. The molecule has 0 saturated heterocycles. The second-order valence-electron chi connectivity index (χ2n) is 5.11. The Morgan fingerprint density at radius 2 is 1.73 bits per heavy atom. The highest BCUT2D eigenvalue weighted by atomic mass is 35.5. The number of hydrogen-bond donors (Lipinski definition) is 1. The standard InChI is InChI=1S/C18H11ClN2O/c19-16-9-7-13-14-10-12(6-8-15(14)20-18(13)21-16)17(22)11-4-2-1-3-5-11/h1-10H,(H,20,21). The van der Waals surface area contributed by atoms with Gasteiger partial charge in [0.25, 0.3) is 0 Å². The first-order chi connectivity index (χ1) is 10.7. The number of nitrogens with zero attached hydrogens (tertiary/aromatic N) is 1. The molecule has 4 aromatic rings. The molecule has 2 aromatic heterocycles. The molecule has 0 aliphatic heterocycles. The molecule has 4 rings (SSSR count). The van der Waals surface area contributed by atoms with Gasteiger partial charge in [-0.25, -0.2) is 4.98 Å². The van der Waals surface area contributed by atoms with Crippen LogP contribution >= 0.6 is 11.6 Å². The fourth-order valence-electron chi connectivity index (χ4n) is 2.65. The Bertz CT molecular complexity index is 1010. The third-order valence-corrected chi connectivity index (χ3v) is 3.93. The number of aromatic amines is 1. The fraction of sp³-hybridized carbons (Fsp3) is 0. The number of halogens is 1. The van der Waals surface area contributed by atoms with Gasteiger partial charge >= 0.3 is 0 Å². The van der Waals surface area contributed by atoms with Crippen molar-refractivity contribution in [3.8, 4) is 0 Å². The molecule has 0 spiro atoms. The molecule has 0 bridgehead atoms. The predicted octanol–water partition coefficient (Wildman–Crippen LogP) is 4.60. The smallest absolute Gasteiger partial charge is 0.193 e. The lowest BCUT2D eigenvalue weighted by Gasteiger charge is -2.01. The number of fused-ring (bicyclic) bond motifs is 3. The van der Waals surface area contributed by atoms with Gasteiger partial charge in [0.05, 0.1) is 0 Å². The first-order valence-corrected chi connectivity index (χ1v) is 7.28. The minimum Gasteiger partial charge on any atom is -0.339 e. The summed E-state index contributed by atoms with van der Waals surface area (Å²) < 4.78 is 0. The van der Waals surface area contributed by atoms with Crippen molar-refractivity contribution in [3.63, 3.8) is 0 Å². The van der Waals surface area contributed by atoms with Gasteiger partial charge in [-0.05, 0) is 30.3 Å². The van der Waals surface area contributed by atoms with Crippen LogP contribution in [0.4, 0.5) is 0 Å². The molecule has 0 aliphatic rings. The van der Waals surface area contributed by atoms with Gasteiger partial charge in [-0.2, -0.15) is 0 Å². The first kappa shape index (κ1) is 13.0. The zero-order valence-corrected chi connectivity index (χ0v) is 12.3. The van der Waals surface area contributed by atoms with E-state index in [2.05, 4.69) is 9.97 Å². The molecule has 0 unspecified atom stereocenters. The van der Waals surface area contributed by atoms with Gasteiger partial charge < -0.3 is 4.98 Å². The maximum Gasteiger partial charge on any atom is 0.193 e. The Balaban J connectivity index is 1.90. The van der Waals surface area contributed by atoms with E-state index < -0.39 is 0 Å². The largest absolute Gasteiger partial charge is 0.339 e. The average Bonchev–Trinajstić information content (AvgIpc) is 2.91. The number of ketones is 1. The van der Waals surface area contributed by atoms with Crippen LogP contribution in [0.3, 0.4) is 0 Å². The highest BCUT2D eigenvalue weighted by molar-refractivity contribution is 6.30. The van der Waals surface area contributed by atoms with Crippen LogP contribution in [0.5, 0.6) is 0 Å². The van der Waals surface area contributed by atoms with E-state index in [0.29, 0.717) is 16.3 Å². The van der Waals surface area contributed by atoms with Crippen LogP contribution in [0.15, 0.2) is 60.7 Å². The molecule has 2 aromatic carbocycles. The van der Waals surface area contributed by atoms with Crippen molar-refractivity contribution in [3.05, 3.63) is 76.9 Å². The van der Waals surface area contributed by atoms with Gasteiger partial charge in [0.2, 0.25) is 0 Å². The highest BCUT2D eigenvalue weighted by Crippen LogP contribution is 2.27. The van der Waals surface area contributed by atoms with Gasteiger partial charge in [0.1, 0.15) is 10.8 Å². The van der Waals surface area contributed by atoms with E-state index in [0.717, 1.165) is 21.9 Å². The normalized spacial score (nSPS) is 11.1. The summed E-state index contributed by atoms with van der Waals surface area (Å²) in [7, 11) is 0. The lowest BCUT2D eigenvalue weighted by Crippen LogP contribution is -2.00. The molecule has 0 atom stereocenters. The van der Waals surface area contributed by atoms with Crippen molar-refractivity contribution in [2.45, 2.75) is 0 Å². The summed E-state index contributed by atoms with van der Waals surface area (Å²) >= 11 is 5.92. The van der Waals surface area contributed by atoms with Crippen LogP contribution in [0, 0.1) is 0 Å². The summed E-state index contributed by atoms with van der Waals surface area (Å²) in [5.74, 6) is 0.0128. The summed E-state index contributed by atoms with van der Waals surface area (Å²) in [6.07, 6.45) is 0. The Hall–Kier alpha value is -2.65. The second kappa shape index (κ2) is 4.97. The van der Waals surface area contributed by atoms with E-state index in [4.69, 9.17) is 11.6 Å². The SMILES string of the molecule is O=C(c1ccccc1)c1ccc2[nH]c3nc(Cl)ccc3c2c1. The third-order valence-electron chi connectivity index (χ3n) is 3.72. The predicted molar refractivity (Wildman–Crippen MR) is 88.5 cm³/mol. The number of hydrogen-bond acceptors (Lipinski definition) is 2. The van der Waals surface area contributed by atoms with Crippen molar-refractivity contribution in [2.24, 2.45) is 0 Å². The van der Waals surface area contributed by atoms with E-state index in [9.17, 15) is 4.79 Å². The Morgan fingerprint density at radius 3 is 2.55 bits per heavy atom. The van der Waals surface area contributed by atoms with Crippen molar-refractivity contribution in [1.82, 2.24) is 9.97 Å². The Labute approximate surface area is 131 Å². The van der Waals surface area contributed by atoms with Gasteiger partial charge in [-0.1, -0.05) is 41.9 Å². The minimum atomic E-state index is 0.0128. The third kappa shape index (κ3) is 2.07. The number of carbonyl (C=O) groups is 1. The fourth-order valence-corrected chi connectivity index (χ4v) is 2.80. The van der Waals surface area contributed by atoms with Gasteiger partial charge in [-0.3, -0.25) is 4.79 Å². The summed E-state index contributed by atoms with van der Waals surface area (Å²) in [6, 6.07) is 18.6. The topological polar surface area (TPSA) is 45.8 Å². The lowest BCUT2D eigenvalue weighted by molar-refractivity contribution is 0.103. The quantitative estimate of drug-likeness (QED) is 0.434. The summed E-state index contributed by atoms with van der Waals surface area (Å²) in [5.41, 5.74) is 3.01. The van der Waals surface area contributed by atoms with E-state index in [-0.39, 0.29) is 5.78 Å². The van der Waals surface area contributed by atoms with Crippen LogP contribution in [0.2, 0.25) is 5.15 Å². The number of pyridine rings is 1. The number of rotatable bonds is 2. The van der Waals surface area contributed by atoms with Gasteiger partial charge in [-0.15, -0.1) is 0 Å². The molecule has 22 heavy (non-hydrogen) atoms. The van der Waals surface area contributed by atoms with E-state index in [1.165, 1.54) is 0 Å². The molecule has 0 fully saturated rings. The summed E-state index contributed by atoms with van der Waals surface area (Å²) in [5, 5.41) is 2.38. The molecule has 3 nitrogen and oxygen atoms in total. The van der Waals surface area contributed by atoms with Crippen LogP contribution < -0.4 is 0 Å². The molecule has 0 radical (unpaired) electrons. The molecule has 0 amide bonds. The van der Waals surface area contributed by atoms with E-state index in [1.807, 2.05) is 54.6 Å². The molecule has 0 aliphatic carbocycles. The Kier molecular flexibility index (Phi) is 2.94. The molecule has 4 heteroatoms. The summed E-state index contributed by atoms with van der Waals surface area (Å²) in [6.45, 7) is 0. The zero-order valence-electron chi connectivity index (χ0n) is 11.5. The van der Waals surface area contributed by atoms with Crippen LogP contribution in [0.1, 0.15) is 15.9 Å².